The minimum atomic E-state index is 0.514. The molecule has 0 saturated carbocycles. The van der Waals surface area contributed by atoms with Crippen LogP contribution in [-0.2, 0) is 11.3 Å². The molecule has 1 aromatic rings. The molecule has 1 heterocycles. The van der Waals surface area contributed by atoms with Gasteiger partial charge in [0.05, 0.1) is 13.2 Å². The summed E-state index contributed by atoms with van der Waals surface area (Å²) in [6.07, 6.45) is 2.17. The Kier molecular flexibility index (Phi) is 5.02. The first-order valence-corrected chi connectivity index (χ1v) is 6.83. The van der Waals surface area contributed by atoms with Crippen LogP contribution in [0.5, 0.6) is 5.75 Å². The summed E-state index contributed by atoms with van der Waals surface area (Å²) in [5, 5.41) is 3.54. The highest BCUT2D eigenvalue weighted by Crippen LogP contribution is 2.18. The lowest BCUT2D eigenvalue weighted by Gasteiger charge is -2.13. The van der Waals surface area contributed by atoms with E-state index < -0.39 is 0 Å². The van der Waals surface area contributed by atoms with E-state index >= 15 is 0 Å². The molecule has 0 amide bonds. The second-order valence-electron chi connectivity index (χ2n) is 4.88. The molecule has 1 saturated heterocycles. The molecule has 0 aliphatic carbocycles. The van der Waals surface area contributed by atoms with E-state index in [-0.39, 0.29) is 0 Å². The second kappa shape index (κ2) is 6.76. The number of benzene rings is 1. The number of rotatable bonds is 6. The van der Waals surface area contributed by atoms with Gasteiger partial charge >= 0.3 is 0 Å². The first kappa shape index (κ1) is 13.4. The molecule has 0 spiro atoms. The number of hydrogen-bond acceptors (Lipinski definition) is 3. The maximum absolute atomic E-state index is 5.63. The van der Waals surface area contributed by atoms with Gasteiger partial charge in [-0.15, -0.1) is 0 Å². The van der Waals surface area contributed by atoms with Gasteiger partial charge in [0.25, 0.3) is 0 Å². The van der Waals surface area contributed by atoms with Crippen LogP contribution in [0.2, 0.25) is 0 Å². The van der Waals surface area contributed by atoms with E-state index in [1.54, 1.807) is 0 Å². The summed E-state index contributed by atoms with van der Waals surface area (Å²) in [5.41, 5.74) is 2.63. The fourth-order valence-corrected chi connectivity index (χ4v) is 2.13. The van der Waals surface area contributed by atoms with E-state index in [2.05, 4.69) is 37.4 Å². The van der Waals surface area contributed by atoms with Crippen molar-refractivity contribution >= 4 is 0 Å². The van der Waals surface area contributed by atoms with E-state index in [0.29, 0.717) is 6.04 Å². The van der Waals surface area contributed by atoms with Crippen molar-refractivity contribution in [1.82, 2.24) is 5.32 Å². The van der Waals surface area contributed by atoms with Crippen molar-refractivity contribution < 1.29 is 9.47 Å². The molecule has 1 fully saturated rings. The average molecular weight is 249 g/mol. The molecule has 1 N–H and O–H groups in total. The van der Waals surface area contributed by atoms with Crippen LogP contribution in [0.1, 0.15) is 30.9 Å². The fourth-order valence-electron chi connectivity index (χ4n) is 2.13. The van der Waals surface area contributed by atoms with Crippen molar-refractivity contribution in [3.8, 4) is 5.75 Å². The Hall–Kier alpha value is -1.06. The third-order valence-electron chi connectivity index (χ3n) is 3.30. The highest BCUT2D eigenvalue weighted by Gasteiger charge is 2.14. The molecule has 100 valence electrons. The second-order valence-corrected chi connectivity index (χ2v) is 4.88. The zero-order chi connectivity index (χ0) is 12.8. The largest absolute Gasteiger partial charge is 0.494 e. The molecular weight excluding hydrogens is 226 g/mol. The number of ether oxygens (including phenoxy) is 2. The molecule has 18 heavy (non-hydrogen) atoms. The van der Waals surface area contributed by atoms with Crippen molar-refractivity contribution in [2.75, 3.05) is 19.8 Å². The molecule has 0 radical (unpaired) electrons. The zero-order valence-electron chi connectivity index (χ0n) is 11.4. The minimum Gasteiger partial charge on any atom is -0.494 e. The standard InChI is InChI=1S/C15H23NO2/c1-3-7-18-15-5-4-13(12(2)9-15)10-16-14-6-8-17-11-14/h4-5,9,14,16H,3,6-8,10-11H2,1-2H3. The Morgan fingerprint density at radius 1 is 1.44 bits per heavy atom. The molecule has 1 aromatic carbocycles. The predicted octanol–water partition coefficient (Wildman–Crippen LogP) is 2.66. The third-order valence-corrected chi connectivity index (χ3v) is 3.30. The van der Waals surface area contributed by atoms with Gasteiger partial charge in [-0.1, -0.05) is 13.0 Å². The fraction of sp³-hybridized carbons (Fsp3) is 0.600. The molecule has 1 aliphatic rings. The SMILES string of the molecule is CCCOc1ccc(CNC2CCOC2)c(C)c1. The van der Waals surface area contributed by atoms with Crippen LogP contribution in [0.15, 0.2) is 18.2 Å². The average Bonchev–Trinajstić information content (AvgIpc) is 2.88. The van der Waals surface area contributed by atoms with Crippen molar-refractivity contribution in [3.63, 3.8) is 0 Å². The summed E-state index contributed by atoms with van der Waals surface area (Å²) < 4.78 is 11.0. The highest BCUT2D eigenvalue weighted by atomic mass is 16.5. The number of nitrogens with one attached hydrogen (secondary N) is 1. The zero-order valence-corrected chi connectivity index (χ0v) is 11.4. The normalized spacial score (nSPS) is 19.1. The molecule has 2 rings (SSSR count). The molecular formula is C15H23NO2. The van der Waals surface area contributed by atoms with E-state index in [1.165, 1.54) is 11.1 Å². The van der Waals surface area contributed by atoms with Crippen LogP contribution >= 0.6 is 0 Å². The van der Waals surface area contributed by atoms with Gasteiger partial charge in [0.1, 0.15) is 5.75 Å². The topological polar surface area (TPSA) is 30.5 Å². The van der Waals surface area contributed by atoms with Gasteiger partial charge in [0.15, 0.2) is 0 Å². The number of hydrogen-bond donors (Lipinski definition) is 1. The Labute approximate surface area is 109 Å². The lowest BCUT2D eigenvalue weighted by Crippen LogP contribution is -2.28. The Morgan fingerprint density at radius 3 is 3.00 bits per heavy atom. The van der Waals surface area contributed by atoms with Crippen LogP contribution in [0, 0.1) is 6.92 Å². The minimum absolute atomic E-state index is 0.514. The van der Waals surface area contributed by atoms with Crippen molar-refractivity contribution in [2.24, 2.45) is 0 Å². The smallest absolute Gasteiger partial charge is 0.119 e. The third kappa shape index (κ3) is 3.72. The van der Waals surface area contributed by atoms with Crippen molar-refractivity contribution in [1.29, 1.82) is 0 Å². The Morgan fingerprint density at radius 2 is 2.33 bits per heavy atom. The molecule has 3 nitrogen and oxygen atoms in total. The van der Waals surface area contributed by atoms with Gasteiger partial charge in [-0.3, -0.25) is 0 Å². The van der Waals surface area contributed by atoms with E-state index in [9.17, 15) is 0 Å². The van der Waals surface area contributed by atoms with Crippen LogP contribution < -0.4 is 10.1 Å². The maximum Gasteiger partial charge on any atom is 0.119 e. The van der Waals surface area contributed by atoms with Crippen molar-refractivity contribution in [3.05, 3.63) is 29.3 Å². The van der Waals surface area contributed by atoms with Crippen LogP contribution in [0.4, 0.5) is 0 Å². The first-order chi connectivity index (χ1) is 8.79. The number of aryl methyl sites for hydroxylation is 1. The summed E-state index contributed by atoms with van der Waals surface area (Å²) >= 11 is 0. The van der Waals surface area contributed by atoms with Gasteiger partial charge in [-0.05, 0) is 43.0 Å². The first-order valence-electron chi connectivity index (χ1n) is 6.83. The monoisotopic (exact) mass is 249 g/mol. The summed E-state index contributed by atoms with van der Waals surface area (Å²) in [5.74, 6) is 0.974. The quantitative estimate of drug-likeness (QED) is 0.840. The van der Waals surface area contributed by atoms with Crippen LogP contribution in [-0.4, -0.2) is 25.9 Å². The lowest BCUT2D eigenvalue weighted by molar-refractivity contribution is 0.190. The summed E-state index contributed by atoms with van der Waals surface area (Å²) in [7, 11) is 0. The van der Waals surface area contributed by atoms with Gasteiger partial charge in [0, 0.05) is 19.2 Å². The molecule has 1 aliphatic heterocycles. The Balaban J connectivity index is 1.87. The molecule has 1 atom stereocenters. The molecule has 0 aromatic heterocycles. The predicted molar refractivity (Wildman–Crippen MR) is 73.0 cm³/mol. The Bertz CT molecular complexity index is 373. The summed E-state index contributed by atoms with van der Waals surface area (Å²) in [6, 6.07) is 6.85. The molecule has 1 unspecified atom stereocenters. The van der Waals surface area contributed by atoms with E-state index in [4.69, 9.17) is 9.47 Å². The van der Waals surface area contributed by atoms with Gasteiger partial charge < -0.3 is 14.8 Å². The summed E-state index contributed by atoms with van der Waals surface area (Å²) in [6.45, 7) is 7.69. The van der Waals surface area contributed by atoms with E-state index in [0.717, 1.165) is 45.0 Å². The highest BCUT2D eigenvalue weighted by molar-refractivity contribution is 5.34. The molecule has 3 heteroatoms. The maximum atomic E-state index is 5.63. The lowest BCUT2D eigenvalue weighted by atomic mass is 10.1. The van der Waals surface area contributed by atoms with Crippen LogP contribution in [0.25, 0.3) is 0 Å². The van der Waals surface area contributed by atoms with Gasteiger partial charge in [0.2, 0.25) is 0 Å². The van der Waals surface area contributed by atoms with E-state index in [1.807, 2.05) is 0 Å². The molecule has 0 bridgehead atoms. The van der Waals surface area contributed by atoms with Gasteiger partial charge in [-0.2, -0.15) is 0 Å². The van der Waals surface area contributed by atoms with Crippen LogP contribution in [0.3, 0.4) is 0 Å². The van der Waals surface area contributed by atoms with Crippen molar-refractivity contribution in [2.45, 2.75) is 39.3 Å². The summed E-state index contributed by atoms with van der Waals surface area (Å²) in [4.78, 5) is 0. The van der Waals surface area contributed by atoms with Gasteiger partial charge in [-0.25, -0.2) is 0 Å².